The Bertz CT molecular complexity index is 1130. The molecule has 0 unspecified atom stereocenters. The summed E-state index contributed by atoms with van der Waals surface area (Å²) in [6.07, 6.45) is 3.20. The van der Waals surface area contributed by atoms with E-state index in [0.717, 1.165) is 24.0 Å². The molecule has 1 aliphatic carbocycles. The van der Waals surface area contributed by atoms with Crippen molar-refractivity contribution in [3.63, 3.8) is 0 Å². The van der Waals surface area contributed by atoms with Crippen LogP contribution in [0.15, 0.2) is 72.8 Å². The van der Waals surface area contributed by atoms with Crippen LogP contribution in [0.1, 0.15) is 34.7 Å². The van der Waals surface area contributed by atoms with Crippen molar-refractivity contribution in [3.8, 4) is 0 Å². The second kappa shape index (κ2) is 7.28. The first-order valence-electron chi connectivity index (χ1n) is 9.38. The summed E-state index contributed by atoms with van der Waals surface area (Å²) in [6.45, 7) is 2.12. The smallest absolute Gasteiger partial charge is 0.229 e. The highest BCUT2D eigenvalue weighted by molar-refractivity contribution is 7.92. The summed E-state index contributed by atoms with van der Waals surface area (Å²) in [5.41, 5.74) is 9.15. The number of fused-ring (bicyclic) bond motifs is 2. The molecule has 0 radical (unpaired) electrons. The Labute approximate surface area is 166 Å². The van der Waals surface area contributed by atoms with Gasteiger partial charge in [-0.3, -0.25) is 4.72 Å². The van der Waals surface area contributed by atoms with Gasteiger partial charge in [-0.2, -0.15) is 0 Å². The standard InChI is InChI=1S/C24H23NO2S/c1-17(20-10-7-11-21(16-20)25-28(2,26)27)24-22-12-5-3-8-18(22)14-15-19-9-4-6-13-23(19)24/h3-13,16,25H,14-15H2,1-2H3. The summed E-state index contributed by atoms with van der Waals surface area (Å²) in [5.74, 6) is 0. The lowest BCUT2D eigenvalue weighted by Gasteiger charge is -2.17. The lowest BCUT2D eigenvalue weighted by molar-refractivity contribution is 0.607. The average Bonchev–Trinajstić information content (AvgIpc) is 2.83. The molecular weight excluding hydrogens is 366 g/mol. The highest BCUT2D eigenvalue weighted by Gasteiger charge is 2.20. The van der Waals surface area contributed by atoms with Gasteiger partial charge >= 0.3 is 0 Å². The molecule has 0 heterocycles. The van der Waals surface area contributed by atoms with Gasteiger partial charge in [0, 0.05) is 5.69 Å². The number of hydrogen-bond donors (Lipinski definition) is 1. The molecular formula is C24H23NO2S. The van der Waals surface area contributed by atoms with Gasteiger partial charge in [0.1, 0.15) is 0 Å². The fraction of sp³-hybridized carbons (Fsp3) is 0.167. The number of rotatable bonds is 3. The van der Waals surface area contributed by atoms with Crippen LogP contribution in [-0.2, 0) is 22.9 Å². The SMILES string of the molecule is CC(=C1c2ccccc2CCc2ccccc21)c1cccc(NS(C)(=O)=O)c1. The van der Waals surface area contributed by atoms with Crippen molar-refractivity contribution in [2.45, 2.75) is 19.8 Å². The molecule has 1 N–H and O–H groups in total. The van der Waals surface area contributed by atoms with E-state index >= 15 is 0 Å². The first-order chi connectivity index (χ1) is 13.4. The second-order valence-corrected chi connectivity index (χ2v) is 9.02. The number of nitrogens with one attached hydrogen (secondary N) is 1. The quantitative estimate of drug-likeness (QED) is 0.674. The molecule has 3 aromatic carbocycles. The van der Waals surface area contributed by atoms with Crippen molar-refractivity contribution in [1.29, 1.82) is 0 Å². The highest BCUT2D eigenvalue weighted by Crippen LogP contribution is 2.38. The summed E-state index contributed by atoms with van der Waals surface area (Å²) in [4.78, 5) is 0. The average molecular weight is 390 g/mol. The van der Waals surface area contributed by atoms with Gasteiger partial charge < -0.3 is 0 Å². The van der Waals surface area contributed by atoms with Crippen molar-refractivity contribution < 1.29 is 8.42 Å². The number of sulfonamides is 1. The maximum absolute atomic E-state index is 11.6. The predicted molar refractivity (Wildman–Crippen MR) is 117 cm³/mol. The first-order valence-corrected chi connectivity index (χ1v) is 11.3. The minimum Gasteiger partial charge on any atom is -0.284 e. The largest absolute Gasteiger partial charge is 0.284 e. The van der Waals surface area contributed by atoms with Gasteiger partial charge in [-0.05, 0) is 70.9 Å². The van der Waals surface area contributed by atoms with Crippen LogP contribution in [0.3, 0.4) is 0 Å². The molecule has 4 heteroatoms. The van der Waals surface area contributed by atoms with Gasteiger partial charge in [0.05, 0.1) is 6.26 Å². The van der Waals surface area contributed by atoms with E-state index in [2.05, 4.69) is 60.2 Å². The molecule has 0 fully saturated rings. The Kier molecular flexibility index (Phi) is 4.82. The van der Waals surface area contributed by atoms with Crippen molar-refractivity contribution >= 4 is 26.9 Å². The molecule has 0 spiro atoms. The van der Waals surface area contributed by atoms with Gasteiger partial charge in [-0.25, -0.2) is 8.42 Å². The van der Waals surface area contributed by atoms with Crippen molar-refractivity contribution in [2.24, 2.45) is 0 Å². The van der Waals surface area contributed by atoms with Crippen LogP contribution in [0.5, 0.6) is 0 Å². The Morgan fingerprint density at radius 2 is 1.39 bits per heavy atom. The van der Waals surface area contributed by atoms with E-state index in [1.165, 1.54) is 34.1 Å². The molecule has 0 atom stereocenters. The fourth-order valence-corrected chi connectivity index (χ4v) is 4.51. The molecule has 0 saturated carbocycles. The molecule has 3 nitrogen and oxygen atoms in total. The van der Waals surface area contributed by atoms with Gasteiger partial charge in [-0.1, -0.05) is 60.7 Å². The Morgan fingerprint density at radius 3 is 1.96 bits per heavy atom. The second-order valence-electron chi connectivity index (χ2n) is 7.27. The molecule has 4 rings (SSSR count). The van der Waals surface area contributed by atoms with E-state index < -0.39 is 10.0 Å². The first kappa shape index (κ1) is 18.5. The molecule has 142 valence electrons. The summed E-state index contributed by atoms with van der Waals surface area (Å²) in [6, 6.07) is 24.8. The Balaban J connectivity index is 1.94. The van der Waals surface area contributed by atoms with Gasteiger partial charge in [-0.15, -0.1) is 0 Å². The summed E-state index contributed by atoms with van der Waals surface area (Å²) >= 11 is 0. The van der Waals surface area contributed by atoms with E-state index in [4.69, 9.17) is 0 Å². The normalized spacial score (nSPS) is 13.3. The van der Waals surface area contributed by atoms with E-state index in [9.17, 15) is 8.42 Å². The third-order valence-electron chi connectivity index (χ3n) is 5.21. The number of benzene rings is 3. The van der Waals surface area contributed by atoms with E-state index in [1.807, 2.05) is 18.2 Å². The van der Waals surface area contributed by atoms with Gasteiger partial charge in [0.25, 0.3) is 0 Å². The molecule has 3 aromatic rings. The molecule has 0 saturated heterocycles. The van der Waals surface area contributed by atoms with Crippen molar-refractivity contribution in [3.05, 3.63) is 101 Å². The Hall–Kier alpha value is -2.85. The number of anilines is 1. The monoisotopic (exact) mass is 389 g/mol. The lowest BCUT2D eigenvalue weighted by atomic mass is 9.88. The number of allylic oxidation sites excluding steroid dienone is 1. The molecule has 0 aromatic heterocycles. The number of aryl methyl sites for hydroxylation is 2. The maximum Gasteiger partial charge on any atom is 0.229 e. The third-order valence-corrected chi connectivity index (χ3v) is 5.82. The predicted octanol–water partition coefficient (Wildman–Crippen LogP) is 5.14. The van der Waals surface area contributed by atoms with Crippen molar-refractivity contribution in [2.75, 3.05) is 11.0 Å². The van der Waals surface area contributed by atoms with Gasteiger partial charge in [0.15, 0.2) is 0 Å². The minimum atomic E-state index is -3.31. The zero-order valence-electron chi connectivity index (χ0n) is 16.1. The molecule has 0 aliphatic heterocycles. The topological polar surface area (TPSA) is 46.2 Å². The van der Waals surface area contributed by atoms with Crippen LogP contribution in [0.2, 0.25) is 0 Å². The number of hydrogen-bond acceptors (Lipinski definition) is 2. The zero-order valence-corrected chi connectivity index (χ0v) is 16.9. The van der Waals surface area contributed by atoms with Crippen LogP contribution >= 0.6 is 0 Å². The minimum absolute atomic E-state index is 0.579. The van der Waals surface area contributed by atoms with Crippen LogP contribution in [0.25, 0.3) is 11.1 Å². The molecule has 0 bridgehead atoms. The van der Waals surface area contributed by atoms with Gasteiger partial charge in [0.2, 0.25) is 10.0 Å². The van der Waals surface area contributed by atoms with Crippen molar-refractivity contribution in [1.82, 2.24) is 0 Å². The van der Waals surface area contributed by atoms with E-state index in [1.54, 1.807) is 6.07 Å². The molecule has 0 amide bonds. The van der Waals surface area contributed by atoms with E-state index in [-0.39, 0.29) is 0 Å². The lowest BCUT2D eigenvalue weighted by Crippen LogP contribution is -2.09. The third kappa shape index (κ3) is 3.73. The van der Waals surface area contributed by atoms with Crippen LogP contribution in [0.4, 0.5) is 5.69 Å². The zero-order chi connectivity index (χ0) is 19.7. The summed E-state index contributed by atoms with van der Waals surface area (Å²) < 4.78 is 25.8. The summed E-state index contributed by atoms with van der Waals surface area (Å²) in [5, 5.41) is 0. The van der Waals surface area contributed by atoms with E-state index in [0.29, 0.717) is 5.69 Å². The molecule has 1 aliphatic rings. The maximum atomic E-state index is 11.6. The highest BCUT2D eigenvalue weighted by atomic mass is 32.2. The molecule has 28 heavy (non-hydrogen) atoms. The van der Waals surface area contributed by atoms with Crippen LogP contribution < -0.4 is 4.72 Å². The summed E-state index contributed by atoms with van der Waals surface area (Å²) in [7, 11) is -3.31. The van der Waals surface area contributed by atoms with Crippen LogP contribution in [-0.4, -0.2) is 14.7 Å². The Morgan fingerprint density at radius 1 is 0.821 bits per heavy atom. The van der Waals surface area contributed by atoms with Crippen LogP contribution in [0, 0.1) is 0 Å². The fourth-order valence-electron chi connectivity index (χ4n) is 3.96.